The molecule has 2 N–H and O–H groups in total. The first-order valence-corrected chi connectivity index (χ1v) is 5.69. The zero-order valence-electron chi connectivity index (χ0n) is 8.91. The van der Waals surface area contributed by atoms with Gasteiger partial charge in [0.1, 0.15) is 0 Å². The molecule has 1 atom stereocenters. The van der Waals surface area contributed by atoms with Crippen molar-refractivity contribution < 1.29 is 4.79 Å². The second kappa shape index (κ2) is 6.27. The number of hydrogen-bond acceptors (Lipinski definition) is 3. The number of nitrogens with two attached hydrogens (primary N) is 1. The Morgan fingerprint density at radius 1 is 1.46 bits per heavy atom. The van der Waals surface area contributed by atoms with Gasteiger partial charge in [0.25, 0.3) is 0 Å². The van der Waals surface area contributed by atoms with Crippen molar-refractivity contribution in [3.8, 4) is 0 Å². The van der Waals surface area contributed by atoms with Crippen molar-refractivity contribution in [3.05, 3.63) is 0 Å². The fourth-order valence-corrected chi connectivity index (χ4v) is 1.59. The third-order valence-corrected chi connectivity index (χ3v) is 2.99. The van der Waals surface area contributed by atoms with Gasteiger partial charge in [0, 0.05) is 24.9 Å². The second-order valence-corrected chi connectivity index (χ2v) is 4.62. The zero-order valence-corrected chi connectivity index (χ0v) is 9.73. The molecule has 0 aromatic heterocycles. The summed E-state index contributed by atoms with van der Waals surface area (Å²) >= 11 is 1.60. The average molecular weight is 204 g/mol. The molecule has 0 aliphatic heterocycles. The molecule has 1 unspecified atom stereocenters. The summed E-state index contributed by atoms with van der Waals surface area (Å²) in [5.41, 5.74) is 5.57. The molecular weight excluding hydrogens is 184 g/mol. The van der Waals surface area contributed by atoms with E-state index in [-0.39, 0.29) is 18.0 Å². The first-order chi connectivity index (χ1) is 5.95. The van der Waals surface area contributed by atoms with Crippen LogP contribution in [0.25, 0.3) is 0 Å². The Morgan fingerprint density at radius 2 is 2.00 bits per heavy atom. The minimum absolute atomic E-state index is 0.169. The van der Waals surface area contributed by atoms with Crippen LogP contribution in [0.2, 0.25) is 0 Å². The molecule has 0 fully saturated rings. The second-order valence-electron chi connectivity index (χ2n) is 3.59. The largest absolute Gasteiger partial charge is 0.343 e. The third-order valence-electron chi connectivity index (χ3n) is 1.77. The highest BCUT2D eigenvalue weighted by Crippen LogP contribution is 2.04. The van der Waals surface area contributed by atoms with E-state index in [4.69, 9.17) is 5.73 Å². The van der Waals surface area contributed by atoms with Crippen LogP contribution in [0, 0.1) is 0 Å². The summed E-state index contributed by atoms with van der Waals surface area (Å²) in [5, 5.41) is 0. The highest BCUT2D eigenvalue weighted by atomic mass is 32.2. The molecular formula is C9H20N2OS. The highest BCUT2D eigenvalue weighted by Gasteiger charge is 2.11. The molecule has 0 aliphatic carbocycles. The molecule has 0 aromatic carbocycles. The maximum Gasteiger partial charge on any atom is 0.232 e. The van der Waals surface area contributed by atoms with Crippen LogP contribution in [-0.2, 0) is 4.79 Å². The molecule has 0 radical (unpaired) electrons. The summed E-state index contributed by atoms with van der Waals surface area (Å²) in [6.07, 6.45) is 0. The van der Waals surface area contributed by atoms with Gasteiger partial charge in [0.05, 0.1) is 5.75 Å². The van der Waals surface area contributed by atoms with Gasteiger partial charge in [0.15, 0.2) is 0 Å². The van der Waals surface area contributed by atoms with Crippen molar-refractivity contribution in [1.82, 2.24) is 4.90 Å². The van der Waals surface area contributed by atoms with Crippen molar-refractivity contribution in [2.24, 2.45) is 5.73 Å². The van der Waals surface area contributed by atoms with Crippen LogP contribution in [0.15, 0.2) is 0 Å². The van der Waals surface area contributed by atoms with E-state index in [9.17, 15) is 4.79 Å². The Bertz CT molecular complexity index is 160. The molecule has 0 rings (SSSR count). The average Bonchev–Trinajstić information content (AvgIpc) is 2.02. The van der Waals surface area contributed by atoms with Gasteiger partial charge >= 0.3 is 0 Å². The Hall–Kier alpha value is -0.220. The predicted octanol–water partition coefficient (Wildman–Crippen LogP) is 0.934. The zero-order chi connectivity index (χ0) is 10.4. The van der Waals surface area contributed by atoms with Crippen LogP contribution in [-0.4, -0.2) is 41.4 Å². The van der Waals surface area contributed by atoms with E-state index in [1.807, 2.05) is 27.8 Å². The Balaban J connectivity index is 3.62. The van der Waals surface area contributed by atoms with Gasteiger partial charge in [-0.15, -0.1) is 0 Å². The van der Waals surface area contributed by atoms with E-state index in [0.717, 1.165) is 5.75 Å². The molecule has 0 heterocycles. The standard InChI is InChI=1S/C9H20N2OS/c1-7(2)11(4)9(12)6-13-5-8(3)10/h7-8H,5-6,10H2,1-4H3. The molecule has 3 nitrogen and oxygen atoms in total. The molecule has 13 heavy (non-hydrogen) atoms. The maximum absolute atomic E-state index is 11.4. The Morgan fingerprint density at radius 3 is 2.38 bits per heavy atom. The topological polar surface area (TPSA) is 46.3 Å². The molecule has 0 bridgehead atoms. The highest BCUT2D eigenvalue weighted by molar-refractivity contribution is 7.99. The number of hydrogen-bond donors (Lipinski definition) is 1. The fraction of sp³-hybridized carbons (Fsp3) is 0.889. The lowest BCUT2D eigenvalue weighted by atomic mass is 10.3. The van der Waals surface area contributed by atoms with E-state index in [1.165, 1.54) is 0 Å². The molecule has 0 aromatic rings. The van der Waals surface area contributed by atoms with Crippen LogP contribution in [0.3, 0.4) is 0 Å². The lowest BCUT2D eigenvalue weighted by Crippen LogP contribution is -2.34. The summed E-state index contributed by atoms with van der Waals surface area (Å²) in [7, 11) is 1.83. The summed E-state index contributed by atoms with van der Waals surface area (Å²) in [5.74, 6) is 1.56. The summed E-state index contributed by atoms with van der Waals surface area (Å²) in [6, 6.07) is 0.450. The number of nitrogens with zero attached hydrogens (tertiary/aromatic N) is 1. The van der Waals surface area contributed by atoms with Crippen LogP contribution >= 0.6 is 11.8 Å². The number of amides is 1. The summed E-state index contributed by atoms with van der Waals surface area (Å²) in [6.45, 7) is 5.96. The number of carbonyl (C=O) groups excluding carboxylic acids is 1. The predicted molar refractivity (Wildman–Crippen MR) is 58.9 cm³/mol. The third kappa shape index (κ3) is 5.93. The van der Waals surface area contributed by atoms with E-state index in [1.54, 1.807) is 16.7 Å². The molecule has 0 aliphatic rings. The molecule has 1 amide bonds. The van der Waals surface area contributed by atoms with Crippen molar-refractivity contribution in [2.75, 3.05) is 18.6 Å². The SMILES string of the molecule is CC(N)CSCC(=O)N(C)C(C)C. The van der Waals surface area contributed by atoms with E-state index >= 15 is 0 Å². The Kier molecular flexibility index (Phi) is 6.16. The van der Waals surface area contributed by atoms with E-state index in [2.05, 4.69) is 0 Å². The number of carbonyl (C=O) groups is 1. The molecule has 0 spiro atoms. The summed E-state index contributed by atoms with van der Waals surface area (Å²) < 4.78 is 0. The van der Waals surface area contributed by atoms with Gasteiger partial charge in [-0.3, -0.25) is 4.79 Å². The van der Waals surface area contributed by atoms with Gasteiger partial charge in [-0.2, -0.15) is 11.8 Å². The van der Waals surface area contributed by atoms with Gasteiger partial charge in [0.2, 0.25) is 5.91 Å². The van der Waals surface area contributed by atoms with Gasteiger partial charge in [-0.1, -0.05) is 0 Å². The van der Waals surface area contributed by atoms with Crippen LogP contribution in [0.4, 0.5) is 0 Å². The smallest absolute Gasteiger partial charge is 0.232 e. The fourth-order valence-electron chi connectivity index (χ4n) is 0.722. The van der Waals surface area contributed by atoms with Gasteiger partial charge in [-0.25, -0.2) is 0 Å². The minimum Gasteiger partial charge on any atom is -0.343 e. The quantitative estimate of drug-likeness (QED) is 0.725. The maximum atomic E-state index is 11.4. The molecule has 78 valence electrons. The van der Waals surface area contributed by atoms with Crippen LogP contribution in [0.5, 0.6) is 0 Å². The van der Waals surface area contributed by atoms with Crippen molar-refractivity contribution in [2.45, 2.75) is 32.9 Å². The van der Waals surface area contributed by atoms with Gasteiger partial charge in [-0.05, 0) is 20.8 Å². The van der Waals surface area contributed by atoms with Gasteiger partial charge < -0.3 is 10.6 Å². The summed E-state index contributed by atoms with van der Waals surface area (Å²) in [4.78, 5) is 13.2. The van der Waals surface area contributed by atoms with Crippen molar-refractivity contribution in [3.63, 3.8) is 0 Å². The lowest BCUT2D eigenvalue weighted by Gasteiger charge is -2.21. The lowest BCUT2D eigenvalue weighted by molar-refractivity contribution is -0.128. The van der Waals surface area contributed by atoms with Crippen molar-refractivity contribution in [1.29, 1.82) is 0 Å². The number of thioether (sulfide) groups is 1. The van der Waals surface area contributed by atoms with E-state index < -0.39 is 0 Å². The normalized spacial score (nSPS) is 13.1. The van der Waals surface area contributed by atoms with Crippen LogP contribution < -0.4 is 5.73 Å². The monoisotopic (exact) mass is 204 g/mol. The number of rotatable bonds is 5. The molecule has 4 heteroatoms. The molecule has 0 saturated heterocycles. The first kappa shape index (κ1) is 12.8. The Labute approximate surface area is 85.0 Å². The molecule has 0 saturated carbocycles. The first-order valence-electron chi connectivity index (χ1n) is 4.54. The van der Waals surface area contributed by atoms with Crippen LogP contribution in [0.1, 0.15) is 20.8 Å². The van der Waals surface area contributed by atoms with Crippen molar-refractivity contribution >= 4 is 17.7 Å². The minimum atomic E-state index is 0.169. The van der Waals surface area contributed by atoms with E-state index in [0.29, 0.717) is 5.75 Å².